The van der Waals surface area contributed by atoms with E-state index in [1.54, 1.807) is 23.0 Å². The summed E-state index contributed by atoms with van der Waals surface area (Å²) in [5, 5.41) is 4.17. The first-order valence-corrected chi connectivity index (χ1v) is 10.1. The number of benzene rings is 2. The molecule has 0 amide bonds. The molecule has 0 atom stereocenters. The SMILES string of the molecule is CC(C)Cc1ccc(S(=O)(=O)NCc2ccc(-n3cccn3)cc2)cc1. The summed E-state index contributed by atoms with van der Waals surface area (Å²) < 4.78 is 29.3. The molecular formula is C20H23N3O2S. The van der Waals surface area contributed by atoms with E-state index in [1.807, 2.05) is 48.7 Å². The maximum atomic E-state index is 12.5. The lowest BCUT2D eigenvalue weighted by Crippen LogP contribution is -2.23. The third-order valence-electron chi connectivity index (χ3n) is 4.05. The predicted molar refractivity (Wildman–Crippen MR) is 103 cm³/mol. The van der Waals surface area contributed by atoms with E-state index in [1.165, 1.54) is 0 Å². The van der Waals surface area contributed by atoms with Crippen LogP contribution in [0.15, 0.2) is 71.9 Å². The van der Waals surface area contributed by atoms with E-state index in [0.29, 0.717) is 5.92 Å². The zero-order valence-electron chi connectivity index (χ0n) is 15.0. The van der Waals surface area contributed by atoms with Gasteiger partial charge in [-0.15, -0.1) is 0 Å². The molecule has 0 radical (unpaired) electrons. The normalized spacial score (nSPS) is 11.8. The van der Waals surface area contributed by atoms with Crippen LogP contribution in [0.5, 0.6) is 0 Å². The van der Waals surface area contributed by atoms with Gasteiger partial charge in [-0.1, -0.05) is 38.1 Å². The van der Waals surface area contributed by atoms with Crippen LogP contribution in [0.1, 0.15) is 25.0 Å². The highest BCUT2D eigenvalue weighted by Crippen LogP contribution is 2.14. The van der Waals surface area contributed by atoms with Crippen LogP contribution in [0.25, 0.3) is 5.69 Å². The second-order valence-electron chi connectivity index (χ2n) is 6.68. The van der Waals surface area contributed by atoms with Crippen molar-refractivity contribution in [2.45, 2.75) is 31.7 Å². The van der Waals surface area contributed by atoms with Gasteiger partial charge in [-0.05, 0) is 53.8 Å². The van der Waals surface area contributed by atoms with Gasteiger partial charge >= 0.3 is 0 Å². The fourth-order valence-corrected chi connectivity index (χ4v) is 3.74. The van der Waals surface area contributed by atoms with Gasteiger partial charge in [-0.3, -0.25) is 0 Å². The minimum atomic E-state index is -3.52. The standard InChI is InChI=1S/C20H23N3O2S/c1-16(2)14-17-6-10-20(11-7-17)26(24,25)22-15-18-4-8-19(9-5-18)23-13-3-12-21-23/h3-13,16,22H,14-15H2,1-2H3. The Morgan fingerprint density at radius 2 is 1.65 bits per heavy atom. The molecule has 0 fully saturated rings. The van der Waals surface area contributed by atoms with Crippen molar-refractivity contribution in [3.63, 3.8) is 0 Å². The fourth-order valence-electron chi connectivity index (χ4n) is 2.73. The molecule has 5 nitrogen and oxygen atoms in total. The molecule has 0 spiro atoms. The van der Waals surface area contributed by atoms with Crippen LogP contribution in [0, 0.1) is 5.92 Å². The molecule has 0 aliphatic rings. The number of aromatic nitrogens is 2. The van der Waals surface area contributed by atoms with E-state index in [-0.39, 0.29) is 11.4 Å². The van der Waals surface area contributed by atoms with E-state index >= 15 is 0 Å². The van der Waals surface area contributed by atoms with Gasteiger partial charge < -0.3 is 0 Å². The van der Waals surface area contributed by atoms with Crippen LogP contribution in [0.2, 0.25) is 0 Å². The molecule has 1 heterocycles. The van der Waals surface area contributed by atoms with Gasteiger partial charge in [0.15, 0.2) is 0 Å². The molecule has 1 aromatic heterocycles. The number of hydrogen-bond donors (Lipinski definition) is 1. The van der Waals surface area contributed by atoms with E-state index in [4.69, 9.17) is 0 Å². The van der Waals surface area contributed by atoms with Crippen molar-refractivity contribution in [1.29, 1.82) is 0 Å². The van der Waals surface area contributed by atoms with Gasteiger partial charge in [-0.2, -0.15) is 5.10 Å². The molecule has 26 heavy (non-hydrogen) atoms. The first-order chi connectivity index (χ1) is 12.4. The highest BCUT2D eigenvalue weighted by atomic mass is 32.2. The number of nitrogens with zero attached hydrogens (tertiary/aromatic N) is 2. The number of rotatable bonds is 7. The minimum absolute atomic E-state index is 0.246. The zero-order chi connectivity index (χ0) is 18.6. The summed E-state index contributed by atoms with van der Waals surface area (Å²) in [4.78, 5) is 0.290. The van der Waals surface area contributed by atoms with Crippen molar-refractivity contribution in [1.82, 2.24) is 14.5 Å². The van der Waals surface area contributed by atoms with Crippen molar-refractivity contribution in [2.75, 3.05) is 0 Å². The molecule has 3 rings (SSSR count). The lowest BCUT2D eigenvalue weighted by molar-refractivity contribution is 0.581. The summed E-state index contributed by atoms with van der Waals surface area (Å²) in [6, 6.07) is 16.6. The Hall–Kier alpha value is -2.44. The van der Waals surface area contributed by atoms with Crippen LogP contribution in [0.4, 0.5) is 0 Å². The summed E-state index contributed by atoms with van der Waals surface area (Å²) in [5.41, 5.74) is 2.97. The molecule has 0 saturated carbocycles. The second-order valence-corrected chi connectivity index (χ2v) is 8.45. The summed E-state index contributed by atoms with van der Waals surface area (Å²) >= 11 is 0. The summed E-state index contributed by atoms with van der Waals surface area (Å²) in [6.45, 7) is 4.53. The Bertz CT molecular complexity index is 930. The van der Waals surface area contributed by atoms with Crippen molar-refractivity contribution < 1.29 is 8.42 Å². The highest BCUT2D eigenvalue weighted by Gasteiger charge is 2.13. The molecule has 3 aromatic rings. The van der Waals surface area contributed by atoms with Gasteiger partial charge in [-0.25, -0.2) is 17.8 Å². The molecular weight excluding hydrogens is 346 g/mol. The van der Waals surface area contributed by atoms with Crippen LogP contribution >= 0.6 is 0 Å². The maximum absolute atomic E-state index is 12.5. The third-order valence-corrected chi connectivity index (χ3v) is 5.47. The first kappa shape index (κ1) is 18.4. The second kappa shape index (κ2) is 7.85. The van der Waals surface area contributed by atoms with Crippen molar-refractivity contribution in [2.24, 2.45) is 5.92 Å². The number of hydrogen-bond acceptors (Lipinski definition) is 3. The Morgan fingerprint density at radius 1 is 1.00 bits per heavy atom. The Labute approximate surface area is 154 Å². The van der Waals surface area contributed by atoms with Gasteiger partial charge in [0.05, 0.1) is 10.6 Å². The van der Waals surface area contributed by atoms with Crippen LogP contribution in [-0.4, -0.2) is 18.2 Å². The van der Waals surface area contributed by atoms with Gasteiger partial charge in [0.2, 0.25) is 10.0 Å². The minimum Gasteiger partial charge on any atom is -0.241 e. The van der Waals surface area contributed by atoms with Crippen molar-refractivity contribution in [3.05, 3.63) is 78.1 Å². The van der Waals surface area contributed by atoms with E-state index in [0.717, 1.165) is 23.2 Å². The maximum Gasteiger partial charge on any atom is 0.240 e. The molecule has 136 valence electrons. The summed E-state index contributed by atoms with van der Waals surface area (Å²) in [6.07, 6.45) is 4.52. The topological polar surface area (TPSA) is 64.0 Å². The summed E-state index contributed by atoms with van der Waals surface area (Å²) in [7, 11) is -3.52. The Morgan fingerprint density at radius 3 is 2.23 bits per heavy atom. The van der Waals surface area contributed by atoms with Crippen LogP contribution in [0.3, 0.4) is 0 Å². The molecule has 0 aliphatic heterocycles. The molecule has 0 saturated heterocycles. The highest BCUT2D eigenvalue weighted by molar-refractivity contribution is 7.89. The average Bonchev–Trinajstić information content (AvgIpc) is 3.15. The molecule has 6 heteroatoms. The van der Waals surface area contributed by atoms with Gasteiger partial charge in [0.1, 0.15) is 0 Å². The largest absolute Gasteiger partial charge is 0.241 e. The molecule has 2 aromatic carbocycles. The fraction of sp³-hybridized carbons (Fsp3) is 0.250. The smallest absolute Gasteiger partial charge is 0.240 e. The lowest BCUT2D eigenvalue weighted by Gasteiger charge is -2.09. The molecule has 0 bridgehead atoms. The van der Waals surface area contributed by atoms with Crippen LogP contribution < -0.4 is 4.72 Å². The first-order valence-electron chi connectivity index (χ1n) is 8.61. The van der Waals surface area contributed by atoms with E-state index < -0.39 is 10.0 Å². The molecule has 0 unspecified atom stereocenters. The van der Waals surface area contributed by atoms with E-state index in [9.17, 15) is 8.42 Å². The lowest BCUT2D eigenvalue weighted by atomic mass is 10.0. The Kier molecular flexibility index (Phi) is 5.54. The predicted octanol–water partition coefficient (Wildman–Crippen LogP) is 3.55. The van der Waals surface area contributed by atoms with E-state index in [2.05, 4.69) is 23.7 Å². The Balaban J connectivity index is 1.64. The third kappa shape index (κ3) is 4.59. The molecule has 0 aliphatic carbocycles. The quantitative estimate of drug-likeness (QED) is 0.693. The van der Waals surface area contributed by atoms with Crippen molar-refractivity contribution >= 4 is 10.0 Å². The number of sulfonamides is 1. The van der Waals surface area contributed by atoms with Crippen LogP contribution in [-0.2, 0) is 23.0 Å². The van der Waals surface area contributed by atoms with Crippen molar-refractivity contribution in [3.8, 4) is 5.69 Å². The average molecular weight is 369 g/mol. The van der Waals surface area contributed by atoms with Gasteiger partial charge in [0.25, 0.3) is 0 Å². The van der Waals surface area contributed by atoms with Gasteiger partial charge in [0, 0.05) is 18.9 Å². The monoisotopic (exact) mass is 369 g/mol. The number of nitrogens with one attached hydrogen (secondary N) is 1. The summed E-state index contributed by atoms with van der Waals surface area (Å²) in [5.74, 6) is 0.542. The molecule has 1 N–H and O–H groups in total. The zero-order valence-corrected chi connectivity index (χ0v) is 15.8.